The highest BCUT2D eigenvalue weighted by molar-refractivity contribution is 5.69. The monoisotopic (exact) mass is 237 g/mol. The number of rotatable bonds is 6. The number of carbonyl (C=O) groups is 1. The lowest BCUT2D eigenvalue weighted by atomic mass is 10.1. The predicted octanol–water partition coefficient (Wildman–Crippen LogP) is 1.91. The van der Waals surface area contributed by atoms with E-state index >= 15 is 0 Å². The average Bonchev–Trinajstić information content (AvgIpc) is 2.38. The minimum atomic E-state index is -0.195. The second-order valence-corrected chi connectivity index (χ2v) is 3.78. The van der Waals surface area contributed by atoms with Crippen molar-refractivity contribution in [2.75, 3.05) is 20.8 Å². The number of hydrogen-bond donors (Lipinski definition) is 1. The Hall–Kier alpha value is -1.55. The molecule has 0 aromatic heterocycles. The zero-order valence-electron chi connectivity index (χ0n) is 10.5. The summed E-state index contributed by atoms with van der Waals surface area (Å²) in [6.45, 7) is 2.67. The molecule has 0 saturated heterocycles. The SMILES string of the molecule is COC(=O)CCN[C@H](C)c1ccc(OC)cc1. The molecule has 0 amide bonds. The highest BCUT2D eigenvalue weighted by Crippen LogP contribution is 2.16. The van der Waals surface area contributed by atoms with Crippen molar-refractivity contribution in [2.24, 2.45) is 0 Å². The van der Waals surface area contributed by atoms with Gasteiger partial charge in [0.2, 0.25) is 0 Å². The Kier molecular flexibility index (Phi) is 5.49. The molecule has 0 fully saturated rings. The lowest BCUT2D eigenvalue weighted by molar-refractivity contribution is -0.140. The van der Waals surface area contributed by atoms with Crippen LogP contribution in [0.25, 0.3) is 0 Å². The Morgan fingerprint density at radius 3 is 2.47 bits per heavy atom. The molecule has 17 heavy (non-hydrogen) atoms. The molecule has 0 aliphatic heterocycles. The van der Waals surface area contributed by atoms with Crippen LogP contribution in [0.3, 0.4) is 0 Å². The van der Waals surface area contributed by atoms with Gasteiger partial charge in [0.15, 0.2) is 0 Å². The van der Waals surface area contributed by atoms with Crippen molar-refractivity contribution < 1.29 is 14.3 Å². The van der Waals surface area contributed by atoms with Gasteiger partial charge in [-0.25, -0.2) is 0 Å². The smallest absolute Gasteiger partial charge is 0.306 e. The minimum absolute atomic E-state index is 0.195. The van der Waals surface area contributed by atoms with Gasteiger partial charge in [-0.3, -0.25) is 4.79 Å². The Balaban J connectivity index is 2.40. The van der Waals surface area contributed by atoms with Crippen molar-refractivity contribution in [1.82, 2.24) is 5.32 Å². The van der Waals surface area contributed by atoms with E-state index in [-0.39, 0.29) is 12.0 Å². The van der Waals surface area contributed by atoms with E-state index in [4.69, 9.17) is 4.74 Å². The van der Waals surface area contributed by atoms with Gasteiger partial charge in [0, 0.05) is 12.6 Å². The first kappa shape index (κ1) is 13.5. The molecule has 0 bridgehead atoms. The zero-order valence-corrected chi connectivity index (χ0v) is 10.5. The Morgan fingerprint density at radius 1 is 1.29 bits per heavy atom. The molecular formula is C13H19NO3. The molecule has 4 heteroatoms. The summed E-state index contributed by atoms with van der Waals surface area (Å²) in [5.74, 6) is 0.648. The van der Waals surface area contributed by atoms with Crippen LogP contribution in [-0.4, -0.2) is 26.7 Å². The van der Waals surface area contributed by atoms with Crippen molar-refractivity contribution in [1.29, 1.82) is 0 Å². The fourth-order valence-corrected chi connectivity index (χ4v) is 1.50. The van der Waals surface area contributed by atoms with Crippen molar-refractivity contribution in [3.8, 4) is 5.75 Å². The van der Waals surface area contributed by atoms with E-state index < -0.39 is 0 Å². The molecule has 4 nitrogen and oxygen atoms in total. The lowest BCUT2D eigenvalue weighted by Crippen LogP contribution is -2.22. The summed E-state index contributed by atoms with van der Waals surface area (Å²) >= 11 is 0. The van der Waals surface area contributed by atoms with Gasteiger partial charge in [-0.15, -0.1) is 0 Å². The van der Waals surface area contributed by atoms with Crippen LogP contribution in [0.5, 0.6) is 5.75 Å². The van der Waals surface area contributed by atoms with Crippen molar-refractivity contribution in [3.05, 3.63) is 29.8 Å². The highest BCUT2D eigenvalue weighted by Gasteiger charge is 2.06. The molecule has 0 radical (unpaired) electrons. The molecule has 0 unspecified atom stereocenters. The number of benzene rings is 1. The Labute approximate surface area is 102 Å². The lowest BCUT2D eigenvalue weighted by Gasteiger charge is -2.14. The van der Waals surface area contributed by atoms with Gasteiger partial charge in [0.25, 0.3) is 0 Å². The molecule has 0 aliphatic rings. The third-order valence-corrected chi connectivity index (χ3v) is 2.62. The van der Waals surface area contributed by atoms with Crippen molar-refractivity contribution in [3.63, 3.8) is 0 Å². The van der Waals surface area contributed by atoms with Crippen LogP contribution in [-0.2, 0) is 9.53 Å². The largest absolute Gasteiger partial charge is 0.497 e. The van der Waals surface area contributed by atoms with E-state index in [1.54, 1.807) is 7.11 Å². The number of hydrogen-bond acceptors (Lipinski definition) is 4. The Bertz CT molecular complexity index is 348. The van der Waals surface area contributed by atoms with Crippen molar-refractivity contribution in [2.45, 2.75) is 19.4 Å². The molecule has 1 atom stereocenters. The van der Waals surface area contributed by atoms with Crippen LogP contribution < -0.4 is 10.1 Å². The van der Waals surface area contributed by atoms with Gasteiger partial charge in [-0.1, -0.05) is 12.1 Å². The number of ether oxygens (including phenoxy) is 2. The summed E-state index contributed by atoms with van der Waals surface area (Å²) < 4.78 is 9.67. The van der Waals surface area contributed by atoms with Crippen molar-refractivity contribution >= 4 is 5.97 Å². The highest BCUT2D eigenvalue weighted by atomic mass is 16.5. The third-order valence-electron chi connectivity index (χ3n) is 2.62. The summed E-state index contributed by atoms with van der Waals surface area (Å²) in [6.07, 6.45) is 0.386. The Morgan fingerprint density at radius 2 is 1.94 bits per heavy atom. The van der Waals surface area contributed by atoms with E-state index in [2.05, 4.69) is 17.0 Å². The second-order valence-electron chi connectivity index (χ2n) is 3.78. The number of carbonyl (C=O) groups excluding carboxylic acids is 1. The van der Waals surface area contributed by atoms with E-state index in [0.717, 1.165) is 11.3 Å². The molecule has 0 aliphatic carbocycles. The topological polar surface area (TPSA) is 47.6 Å². The van der Waals surface area contributed by atoms with E-state index in [1.807, 2.05) is 24.3 Å². The standard InChI is InChI=1S/C13H19NO3/c1-10(14-9-8-13(15)17-3)11-4-6-12(16-2)7-5-11/h4-7,10,14H,8-9H2,1-3H3/t10-/m1/s1. The third kappa shape index (κ3) is 4.44. The van der Waals surface area contributed by atoms with Crippen LogP contribution in [0.4, 0.5) is 0 Å². The normalized spacial score (nSPS) is 11.9. The maximum Gasteiger partial charge on any atom is 0.306 e. The molecule has 0 saturated carbocycles. The second kappa shape index (κ2) is 6.91. The number of nitrogens with one attached hydrogen (secondary N) is 1. The first-order valence-corrected chi connectivity index (χ1v) is 5.61. The van der Waals surface area contributed by atoms with Gasteiger partial charge in [0.1, 0.15) is 5.75 Å². The summed E-state index contributed by atoms with van der Waals surface area (Å²) in [6, 6.07) is 8.07. The summed E-state index contributed by atoms with van der Waals surface area (Å²) in [5, 5.41) is 3.26. The van der Waals surface area contributed by atoms with Crippen LogP contribution in [0.15, 0.2) is 24.3 Å². The van der Waals surface area contributed by atoms with E-state index in [0.29, 0.717) is 13.0 Å². The number of esters is 1. The molecule has 0 spiro atoms. The minimum Gasteiger partial charge on any atom is -0.497 e. The van der Waals surface area contributed by atoms with Gasteiger partial charge < -0.3 is 14.8 Å². The molecule has 1 aromatic carbocycles. The quantitative estimate of drug-likeness (QED) is 0.768. The molecule has 1 rings (SSSR count). The average molecular weight is 237 g/mol. The van der Waals surface area contributed by atoms with E-state index in [1.165, 1.54) is 7.11 Å². The summed E-state index contributed by atoms with van der Waals surface area (Å²) in [7, 11) is 3.04. The van der Waals surface area contributed by atoms with Gasteiger partial charge >= 0.3 is 5.97 Å². The maximum absolute atomic E-state index is 10.9. The molecule has 0 heterocycles. The molecular weight excluding hydrogens is 218 g/mol. The van der Waals surface area contributed by atoms with Crippen LogP contribution in [0, 0.1) is 0 Å². The molecule has 94 valence electrons. The van der Waals surface area contributed by atoms with Crippen LogP contribution in [0.1, 0.15) is 24.9 Å². The maximum atomic E-state index is 10.9. The molecule has 1 N–H and O–H groups in total. The predicted molar refractivity (Wildman–Crippen MR) is 66.0 cm³/mol. The fraction of sp³-hybridized carbons (Fsp3) is 0.462. The van der Waals surface area contributed by atoms with Crippen LogP contribution in [0.2, 0.25) is 0 Å². The summed E-state index contributed by atoms with van der Waals surface area (Å²) in [5.41, 5.74) is 1.16. The summed E-state index contributed by atoms with van der Waals surface area (Å²) in [4.78, 5) is 10.9. The van der Waals surface area contributed by atoms with Gasteiger partial charge in [-0.05, 0) is 24.6 Å². The van der Waals surface area contributed by atoms with Gasteiger partial charge in [0.05, 0.1) is 20.6 Å². The zero-order chi connectivity index (χ0) is 12.7. The van der Waals surface area contributed by atoms with E-state index in [9.17, 15) is 4.79 Å². The first-order valence-electron chi connectivity index (χ1n) is 5.61. The van der Waals surface area contributed by atoms with Gasteiger partial charge in [-0.2, -0.15) is 0 Å². The molecule has 1 aromatic rings. The first-order chi connectivity index (χ1) is 8.17. The number of methoxy groups -OCH3 is 2. The fourth-order valence-electron chi connectivity index (χ4n) is 1.50. The van der Waals surface area contributed by atoms with Crippen LogP contribution >= 0.6 is 0 Å².